The molecule has 0 aliphatic rings. The average Bonchev–Trinajstić information content (AvgIpc) is 2.33. The van der Waals surface area contributed by atoms with Gasteiger partial charge in [-0.15, -0.1) is 0 Å². The van der Waals surface area contributed by atoms with Gasteiger partial charge in [0.15, 0.2) is 0 Å². The van der Waals surface area contributed by atoms with E-state index < -0.39 is 0 Å². The van der Waals surface area contributed by atoms with Crippen LogP contribution >= 0.6 is 0 Å². The minimum Gasteiger partial charge on any atom is -0.397 e. The molecule has 0 aromatic heterocycles. The minimum atomic E-state index is 0.0983. The van der Waals surface area contributed by atoms with Gasteiger partial charge in [0.1, 0.15) is 0 Å². The van der Waals surface area contributed by atoms with Crippen molar-refractivity contribution in [3.8, 4) is 0 Å². The molecule has 0 fully saturated rings. The summed E-state index contributed by atoms with van der Waals surface area (Å²) in [6, 6.07) is 14.4. The van der Waals surface area contributed by atoms with Gasteiger partial charge in [0.05, 0.1) is 11.4 Å². The number of rotatable bonds is 2. The molecule has 0 unspecified atom stereocenters. The van der Waals surface area contributed by atoms with E-state index in [2.05, 4.69) is 57.3 Å². The Kier molecular flexibility index (Phi) is 3.52. The summed E-state index contributed by atoms with van der Waals surface area (Å²) in [6.07, 6.45) is 0. The number of benzene rings is 2. The van der Waals surface area contributed by atoms with Crippen molar-refractivity contribution in [3.63, 3.8) is 0 Å². The molecular weight excluding hydrogens is 232 g/mol. The fraction of sp³-hybridized carbons (Fsp3) is 0.294. The van der Waals surface area contributed by atoms with Crippen LogP contribution in [-0.2, 0) is 5.41 Å². The average molecular weight is 254 g/mol. The van der Waals surface area contributed by atoms with E-state index in [1.165, 1.54) is 5.56 Å². The number of hydrogen-bond donors (Lipinski definition) is 2. The lowest BCUT2D eigenvalue weighted by Crippen LogP contribution is -2.14. The van der Waals surface area contributed by atoms with Crippen molar-refractivity contribution < 1.29 is 0 Å². The number of aryl methyl sites for hydroxylation is 1. The Labute approximate surface area is 115 Å². The van der Waals surface area contributed by atoms with Crippen molar-refractivity contribution in [1.29, 1.82) is 0 Å². The van der Waals surface area contributed by atoms with E-state index in [0.29, 0.717) is 0 Å². The van der Waals surface area contributed by atoms with Crippen molar-refractivity contribution in [2.24, 2.45) is 0 Å². The SMILES string of the molecule is Cc1cccc(N)c1Nc1ccccc1C(C)(C)C. The van der Waals surface area contributed by atoms with Crippen molar-refractivity contribution in [2.75, 3.05) is 11.1 Å². The highest BCUT2D eigenvalue weighted by Gasteiger charge is 2.18. The Morgan fingerprint density at radius 3 is 2.26 bits per heavy atom. The molecule has 0 heterocycles. The third-order valence-electron chi connectivity index (χ3n) is 3.30. The van der Waals surface area contributed by atoms with Gasteiger partial charge >= 0.3 is 0 Å². The van der Waals surface area contributed by atoms with Crippen molar-refractivity contribution in [1.82, 2.24) is 0 Å². The standard InChI is InChI=1S/C17H22N2/c1-12-8-7-10-14(18)16(12)19-15-11-6-5-9-13(15)17(2,3)4/h5-11,19H,18H2,1-4H3. The topological polar surface area (TPSA) is 38.0 Å². The first-order chi connectivity index (χ1) is 8.89. The Hall–Kier alpha value is -1.96. The van der Waals surface area contributed by atoms with E-state index in [4.69, 9.17) is 5.73 Å². The smallest absolute Gasteiger partial charge is 0.0647 e. The molecule has 2 aromatic carbocycles. The predicted octanol–water partition coefficient (Wildman–Crippen LogP) is 4.62. The zero-order valence-electron chi connectivity index (χ0n) is 12.1. The van der Waals surface area contributed by atoms with Gasteiger partial charge in [0.2, 0.25) is 0 Å². The highest BCUT2D eigenvalue weighted by Crippen LogP contribution is 2.33. The number of nitrogens with one attached hydrogen (secondary N) is 1. The van der Waals surface area contributed by atoms with E-state index >= 15 is 0 Å². The van der Waals surface area contributed by atoms with Crippen LogP contribution in [0.3, 0.4) is 0 Å². The first-order valence-electron chi connectivity index (χ1n) is 6.61. The summed E-state index contributed by atoms with van der Waals surface area (Å²) in [5.41, 5.74) is 11.5. The number of nitrogen functional groups attached to an aromatic ring is 1. The lowest BCUT2D eigenvalue weighted by molar-refractivity contribution is 0.592. The van der Waals surface area contributed by atoms with Crippen LogP contribution in [-0.4, -0.2) is 0 Å². The van der Waals surface area contributed by atoms with Crippen LogP contribution in [0, 0.1) is 6.92 Å². The second-order valence-electron chi connectivity index (χ2n) is 5.96. The molecule has 0 aliphatic carbocycles. The van der Waals surface area contributed by atoms with Crippen LogP contribution in [0.1, 0.15) is 31.9 Å². The number of nitrogens with two attached hydrogens (primary N) is 1. The maximum absolute atomic E-state index is 6.07. The first kappa shape index (κ1) is 13.5. The second-order valence-corrected chi connectivity index (χ2v) is 5.96. The molecule has 0 saturated heterocycles. The molecule has 2 rings (SSSR count). The molecule has 19 heavy (non-hydrogen) atoms. The molecule has 2 nitrogen and oxygen atoms in total. The largest absolute Gasteiger partial charge is 0.397 e. The molecule has 0 bridgehead atoms. The molecular formula is C17H22N2. The van der Waals surface area contributed by atoms with E-state index in [0.717, 1.165) is 22.6 Å². The molecule has 2 aromatic rings. The third-order valence-corrected chi connectivity index (χ3v) is 3.30. The molecule has 100 valence electrons. The molecule has 3 N–H and O–H groups in total. The van der Waals surface area contributed by atoms with Gasteiger partial charge in [0.25, 0.3) is 0 Å². The van der Waals surface area contributed by atoms with Gasteiger partial charge in [-0.1, -0.05) is 51.1 Å². The lowest BCUT2D eigenvalue weighted by Gasteiger charge is -2.24. The molecule has 0 atom stereocenters. The second kappa shape index (κ2) is 4.96. The summed E-state index contributed by atoms with van der Waals surface area (Å²) in [5, 5.41) is 3.49. The molecule has 2 heteroatoms. The molecule has 0 aliphatic heterocycles. The van der Waals surface area contributed by atoms with E-state index in [9.17, 15) is 0 Å². The van der Waals surface area contributed by atoms with Gasteiger partial charge in [-0.25, -0.2) is 0 Å². The summed E-state index contributed by atoms with van der Waals surface area (Å²) in [5.74, 6) is 0. The summed E-state index contributed by atoms with van der Waals surface area (Å²) >= 11 is 0. The zero-order valence-corrected chi connectivity index (χ0v) is 12.1. The van der Waals surface area contributed by atoms with Crippen molar-refractivity contribution in [3.05, 3.63) is 53.6 Å². The van der Waals surface area contributed by atoms with Crippen LogP contribution in [0.2, 0.25) is 0 Å². The maximum atomic E-state index is 6.07. The highest BCUT2D eigenvalue weighted by atomic mass is 14.9. The van der Waals surface area contributed by atoms with E-state index in [1.807, 2.05) is 18.2 Å². The van der Waals surface area contributed by atoms with Gasteiger partial charge in [-0.2, -0.15) is 0 Å². The third kappa shape index (κ3) is 2.90. The van der Waals surface area contributed by atoms with Gasteiger partial charge in [-0.05, 0) is 35.6 Å². The van der Waals surface area contributed by atoms with Crippen LogP contribution in [0.15, 0.2) is 42.5 Å². The predicted molar refractivity (Wildman–Crippen MR) is 84.0 cm³/mol. The summed E-state index contributed by atoms with van der Waals surface area (Å²) in [6.45, 7) is 8.72. The normalized spacial score (nSPS) is 11.4. The van der Waals surface area contributed by atoms with Crippen LogP contribution in [0.5, 0.6) is 0 Å². The Bertz CT molecular complexity index is 560. The van der Waals surface area contributed by atoms with Crippen molar-refractivity contribution >= 4 is 17.1 Å². The lowest BCUT2D eigenvalue weighted by atomic mass is 9.85. The summed E-state index contributed by atoms with van der Waals surface area (Å²) in [7, 11) is 0. The zero-order chi connectivity index (χ0) is 14.0. The molecule has 0 spiro atoms. The number of anilines is 3. The maximum Gasteiger partial charge on any atom is 0.0647 e. The van der Waals surface area contributed by atoms with Gasteiger partial charge < -0.3 is 11.1 Å². The fourth-order valence-corrected chi connectivity index (χ4v) is 2.24. The summed E-state index contributed by atoms with van der Waals surface area (Å²) < 4.78 is 0. The highest BCUT2D eigenvalue weighted by molar-refractivity contribution is 5.77. The quantitative estimate of drug-likeness (QED) is 0.767. The monoisotopic (exact) mass is 254 g/mol. The Balaban J connectivity index is 2.45. The van der Waals surface area contributed by atoms with Crippen molar-refractivity contribution in [2.45, 2.75) is 33.1 Å². The fourth-order valence-electron chi connectivity index (χ4n) is 2.24. The minimum absolute atomic E-state index is 0.0983. The number of para-hydroxylation sites is 2. The van der Waals surface area contributed by atoms with E-state index in [-0.39, 0.29) is 5.41 Å². The molecule has 0 amide bonds. The molecule has 0 saturated carbocycles. The molecule has 0 radical (unpaired) electrons. The number of hydrogen-bond acceptors (Lipinski definition) is 2. The van der Waals surface area contributed by atoms with Gasteiger partial charge in [-0.3, -0.25) is 0 Å². The van der Waals surface area contributed by atoms with Crippen LogP contribution < -0.4 is 11.1 Å². The van der Waals surface area contributed by atoms with Crippen LogP contribution in [0.25, 0.3) is 0 Å². The first-order valence-corrected chi connectivity index (χ1v) is 6.61. The van der Waals surface area contributed by atoms with E-state index in [1.54, 1.807) is 0 Å². The summed E-state index contributed by atoms with van der Waals surface area (Å²) in [4.78, 5) is 0. The van der Waals surface area contributed by atoms with Gasteiger partial charge in [0, 0.05) is 5.69 Å². The Morgan fingerprint density at radius 1 is 0.947 bits per heavy atom. The van der Waals surface area contributed by atoms with Crippen LogP contribution in [0.4, 0.5) is 17.1 Å². The Morgan fingerprint density at radius 2 is 1.63 bits per heavy atom.